The third kappa shape index (κ3) is 4.24. The van der Waals surface area contributed by atoms with Crippen LogP contribution in [0, 0.1) is 0 Å². The normalized spacial score (nSPS) is 17.5. The Kier molecular flexibility index (Phi) is 6.63. The monoisotopic (exact) mass is 488 g/mol. The predicted molar refractivity (Wildman–Crippen MR) is 139 cm³/mol. The molecule has 1 heterocycles. The molecule has 2 aliphatic rings. The lowest BCUT2D eigenvalue weighted by molar-refractivity contribution is 0.0777. The second-order valence-electron chi connectivity index (χ2n) is 9.22. The molecule has 0 aromatic heterocycles. The van der Waals surface area contributed by atoms with E-state index < -0.39 is 5.41 Å². The lowest BCUT2D eigenvalue weighted by Crippen LogP contribution is -2.47. The second-order valence-corrected chi connectivity index (χ2v) is 9.66. The lowest BCUT2D eigenvalue weighted by atomic mass is 9.72. The van der Waals surface area contributed by atoms with Crippen molar-refractivity contribution >= 4 is 28.9 Å². The minimum atomic E-state index is -1.17. The summed E-state index contributed by atoms with van der Waals surface area (Å²) >= 11 is 6.12. The highest BCUT2D eigenvalue weighted by Gasteiger charge is 2.53. The molecule has 1 fully saturated rings. The van der Waals surface area contributed by atoms with Crippen LogP contribution in [0.1, 0.15) is 39.1 Å². The van der Waals surface area contributed by atoms with Crippen LogP contribution in [0.3, 0.4) is 0 Å². The molecule has 35 heavy (non-hydrogen) atoms. The fourth-order valence-corrected chi connectivity index (χ4v) is 5.61. The molecule has 180 valence electrons. The van der Waals surface area contributed by atoms with Crippen molar-refractivity contribution in [2.24, 2.45) is 0 Å². The summed E-state index contributed by atoms with van der Waals surface area (Å²) in [7, 11) is 1.70. The molecule has 6 heteroatoms. The van der Waals surface area contributed by atoms with Crippen LogP contribution >= 0.6 is 11.6 Å². The lowest BCUT2D eigenvalue weighted by Gasteiger charge is -2.37. The van der Waals surface area contributed by atoms with E-state index >= 15 is 0 Å². The average molecular weight is 489 g/mol. The number of piperazine rings is 1. The maximum absolute atomic E-state index is 13.7. The molecule has 1 aliphatic heterocycles. The summed E-state index contributed by atoms with van der Waals surface area (Å²) in [6, 6.07) is 22.5. The van der Waals surface area contributed by atoms with E-state index in [2.05, 4.69) is 15.9 Å². The number of halogens is 1. The van der Waals surface area contributed by atoms with Gasteiger partial charge in [-0.3, -0.25) is 14.5 Å². The number of benzene rings is 3. The summed E-state index contributed by atoms with van der Waals surface area (Å²) in [5.41, 5.74) is 1.73. The van der Waals surface area contributed by atoms with Crippen LogP contribution in [0.4, 0.5) is 5.69 Å². The topological polar surface area (TPSA) is 49.9 Å². The molecule has 1 aliphatic carbocycles. The maximum atomic E-state index is 13.7. The third-order valence-corrected chi connectivity index (χ3v) is 7.60. The minimum Gasteiger partial charge on any atom is -0.495 e. The SMILES string of the molecule is COc1ccccc1N1CCN(CCCC2(c3ccc(Cl)cc3)C(=O)c3ccccc3C2=O)CC1. The van der Waals surface area contributed by atoms with E-state index in [1.165, 1.54) is 0 Å². The molecule has 5 rings (SSSR count). The number of rotatable bonds is 7. The molecule has 5 nitrogen and oxygen atoms in total. The smallest absolute Gasteiger partial charge is 0.181 e. The molecule has 0 spiro atoms. The van der Waals surface area contributed by atoms with Gasteiger partial charge >= 0.3 is 0 Å². The van der Waals surface area contributed by atoms with Gasteiger partial charge in [-0.2, -0.15) is 0 Å². The van der Waals surface area contributed by atoms with Gasteiger partial charge < -0.3 is 9.64 Å². The molecular weight excluding hydrogens is 460 g/mol. The van der Waals surface area contributed by atoms with Gasteiger partial charge in [-0.1, -0.05) is 60.1 Å². The van der Waals surface area contributed by atoms with Gasteiger partial charge in [-0.05, 0) is 49.2 Å². The first-order chi connectivity index (χ1) is 17.0. The Labute approximate surface area is 211 Å². The van der Waals surface area contributed by atoms with E-state index in [4.69, 9.17) is 16.3 Å². The highest BCUT2D eigenvalue weighted by atomic mass is 35.5. The Hall–Kier alpha value is -3.15. The van der Waals surface area contributed by atoms with Crippen LogP contribution < -0.4 is 9.64 Å². The Bertz CT molecular complexity index is 1200. The Morgan fingerprint density at radius 1 is 0.829 bits per heavy atom. The van der Waals surface area contributed by atoms with Crippen molar-refractivity contribution in [2.45, 2.75) is 18.3 Å². The number of Topliss-reactive ketones (excluding diaryl/α,β-unsaturated/α-hetero) is 2. The van der Waals surface area contributed by atoms with E-state index in [0.29, 0.717) is 22.6 Å². The largest absolute Gasteiger partial charge is 0.495 e. The first-order valence-electron chi connectivity index (χ1n) is 12.1. The number of methoxy groups -OCH3 is 1. The van der Waals surface area contributed by atoms with E-state index in [9.17, 15) is 9.59 Å². The van der Waals surface area contributed by atoms with E-state index in [1.54, 1.807) is 31.4 Å². The summed E-state index contributed by atoms with van der Waals surface area (Å²) in [5, 5.41) is 0.590. The summed E-state index contributed by atoms with van der Waals surface area (Å²) in [6.07, 6.45) is 1.23. The Morgan fingerprint density at radius 3 is 2.06 bits per heavy atom. The van der Waals surface area contributed by atoms with E-state index in [1.807, 2.05) is 42.5 Å². The second kappa shape index (κ2) is 9.84. The number of hydrogen-bond acceptors (Lipinski definition) is 5. The van der Waals surface area contributed by atoms with Crippen molar-refractivity contribution in [2.75, 3.05) is 44.7 Å². The fraction of sp³-hybridized carbons (Fsp3) is 0.310. The quantitative estimate of drug-likeness (QED) is 0.424. The summed E-state index contributed by atoms with van der Waals surface area (Å²) < 4.78 is 5.53. The third-order valence-electron chi connectivity index (χ3n) is 7.35. The molecule has 1 saturated heterocycles. The van der Waals surface area contributed by atoms with Gasteiger partial charge in [-0.25, -0.2) is 0 Å². The van der Waals surface area contributed by atoms with Gasteiger partial charge in [0.05, 0.1) is 12.8 Å². The van der Waals surface area contributed by atoms with Crippen LogP contribution in [-0.4, -0.2) is 56.3 Å². The van der Waals surface area contributed by atoms with Crippen LogP contribution in [0.5, 0.6) is 5.75 Å². The fourth-order valence-electron chi connectivity index (χ4n) is 5.48. The van der Waals surface area contributed by atoms with Gasteiger partial charge in [-0.15, -0.1) is 0 Å². The zero-order valence-electron chi connectivity index (χ0n) is 19.9. The van der Waals surface area contributed by atoms with Crippen molar-refractivity contribution in [1.29, 1.82) is 0 Å². The van der Waals surface area contributed by atoms with Crippen LogP contribution in [0.15, 0.2) is 72.8 Å². The molecule has 0 radical (unpaired) electrons. The van der Waals surface area contributed by atoms with Gasteiger partial charge in [0.2, 0.25) is 0 Å². The van der Waals surface area contributed by atoms with E-state index in [-0.39, 0.29) is 11.6 Å². The first-order valence-corrected chi connectivity index (χ1v) is 12.5. The van der Waals surface area contributed by atoms with Gasteiger partial charge in [0.15, 0.2) is 11.6 Å². The molecule has 3 aromatic carbocycles. The number of fused-ring (bicyclic) bond motifs is 1. The molecule has 3 aromatic rings. The summed E-state index contributed by atoms with van der Waals surface area (Å²) in [5.74, 6) is 0.700. The van der Waals surface area contributed by atoms with Gasteiger partial charge in [0.1, 0.15) is 11.2 Å². The highest BCUT2D eigenvalue weighted by Crippen LogP contribution is 2.43. The van der Waals surface area contributed by atoms with Gasteiger partial charge in [0, 0.05) is 42.3 Å². The summed E-state index contributed by atoms with van der Waals surface area (Å²) in [4.78, 5) is 32.1. The molecule has 0 amide bonds. The number of hydrogen-bond donors (Lipinski definition) is 0. The minimum absolute atomic E-state index is 0.0959. The molecule has 0 saturated carbocycles. The number of anilines is 1. The Morgan fingerprint density at radius 2 is 1.43 bits per heavy atom. The molecule has 0 N–H and O–H groups in total. The maximum Gasteiger partial charge on any atom is 0.181 e. The number of carbonyl (C=O) groups is 2. The molecular formula is C29H29ClN2O3. The van der Waals surface area contributed by atoms with Crippen LogP contribution in [-0.2, 0) is 5.41 Å². The van der Waals surface area contributed by atoms with E-state index in [0.717, 1.165) is 56.1 Å². The van der Waals surface area contributed by atoms with Crippen molar-refractivity contribution < 1.29 is 14.3 Å². The number of ketones is 2. The van der Waals surface area contributed by atoms with Gasteiger partial charge in [0.25, 0.3) is 0 Å². The standard InChI is InChI=1S/C29H29ClN2O3/c1-35-26-10-5-4-9-25(26)32-19-17-31(18-20-32)16-6-15-29(21-11-13-22(30)14-12-21)27(33)23-7-2-3-8-24(23)28(29)34/h2-5,7-14H,6,15-20H2,1H3. The molecule has 0 unspecified atom stereocenters. The number of ether oxygens (including phenoxy) is 1. The van der Waals surface area contributed by atoms with Crippen molar-refractivity contribution in [3.05, 3.63) is 94.5 Å². The number of para-hydroxylation sites is 2. The number of carbonyl (C=O) groups excluding carboxylic acids is 2. The van der Waals surface area contributed by atoms with Crippen molar-refractivity contribution in [3.8, 4) is 5.75 Å². The highest BCUT2D eigenvalue weighted by molar-refractivity contribution is 6.33. The van der Waals surface area contributed by atoms with Crippen molar-refractivity contribution in [3.63, 3.8) is 0 Å². The Balaban J connectivity index is 1.29. The first kappa shape index (κ1) is 23.6. The zero-order chi connectivity index (χ0) is 24.4. The molecule has 0 atom stereocenters. The zero-order valence-corrected chi connectivity index (χ0v) is 20.6. The summed E-state index contributed by atoms with van der Waals surface area (Å²) in [6.45, 7) is 4.51. The number of nitrogens with zero attached hydrogens (tertiary/aromatic N) is 2. The van der Waals surface area contributed by atoms with Crippen LogP contribution in [0.25, 0.3) is 0 Å². The van der Waals surface area contributed by atoms with Crippen molar-refractivity contribution in [1.82, 2.24) is 4.90 Å². The predicted octanol–water partition coefficient (Wildman–Crippen LogP) is 5.27. The van der Waals surface area contributed by atoms with Crippen LogP contribution in [0.2, 0.25) is 5.02 Å². The molecule has 0 bridgehead atoms. The average Bonchev–Trinajstić information content (AvgIpc) is 3.12.